The SMILES string of the molecule is CCCCCCC#CC(OC(C)=O)c1cnc2ccccc2n1. The standard InChI is InChI=1S/C19H22N2O2/c1-3-4-5-6-7-8-13-19(23-15(2)22)18-14-20-16-11-9-10-12-17(16)21-18/h9-12,14,19H,3-7H2,1-2H3. The number of ether oxygens (including phenoxy) is 1. The Morgan fingerprint density at radius 3 is 2.74 bits per heavy atom. The van der Waals surface area contributed by atoms with Crippen molar-refractivity contribution in [3.63, 3.8) is 0 Å². The summed E-state index contributed by atoms with van der Waals surface area (Å²) in [6.07, 6.45) is 6.45. The maximum Gasteiger partial charge on any atom is 0.304 e. The van der Waals surface area contributed by atoms with Gasteiger partial charge in [0.25, 0.3) is 0 Å². The van der Waals surface area contributed by atoms with Crippen LogP contribution in [0.2, 0.25) is 0 Å². The van der Waals surface area contributed by atoms with Crippen LogP contribution in [0.3, 0.4) is 0 Å². The van der Waals surface area contributed by atoms with E-state index < -0.39 is 6.10 Å². The number of esters is 1. The Bertz CT molecular complexity index is 716. The van der Waals surface area contributed by atoms with Crippen molar-refractivity contribution in [1.82, 2.24) is 9.97 Å². The van der Waals surface area contributed by atoms with Crippen molar-refractivity contribution in [2.24, 2.45) is 0 Å². The van der Waals surface area contributed by atoms with E-state index in [0.29, 0.717) is 5.69 Å². The number of nitrogens with zero attached hydrogens (tertiary/aromatic N) is 2. The highest BCUT2D eigenvalue weighted by molar-refractivity contribution is 5.73. The molecule has 0 aliphatic carbocycles. The molecule has 0 aliphatic heterocycles. The number of carbonyl (C=O) groups excluding carboxylic acids is 1. The summed E-state index contributed by atoms with van der Waals surface area (Å²) < 4.78 is 5.30. The molecule has 23 heavy (non-hydrogen) atoms. The first-order valence-electron chi connectivity index (χ1n) is 8.08. The molecule has 2 rings (SSSR count). The fraction of sp³-hybridized carbons (Fsp3) is 0.421. The molecule has 1 aromatic carbocycles. The van der Waals surface area contributed by atoms with Gasteiger partial charge in [-0.2, -0.15) is 0 Å². The third-order valence-electron chi connectivity index (χ3n) is 3.41. The smallest absolute Gasteiger partial charge is 0.304 e. The lowest BCUT2D eigenvalue weighted by Crippen LogP contribution is -2.09. The zero-order valence-corrected chi connectivity index (χ0v) is 13.7. The minimum atomic E-state index is -0.657. The minimum absolute atomic E-state index is 0.370. The van der Waals surface area contributed by atoms with Gasteiger partial charge < -0.3 is 4.74 Å². The molecule has 0 saturated heterocycles. The normalized spacial score (nSPS) is 11.6. The lowest BCUT2D eigenvalue weighted by atomic mass is 10.1. The van der Waals surface area contributed by atoms with Gasteiger partial charge in [-0.25, -0.2) is 4.98 Å². The maximum absolute atomic E-state index is 11.3. The second-order valence-corrected chi connectivity index (χ2v) is 5.40. The Morgan fingerprint density at radius 1 is 1.22 bits per heavy atom. The van der Waals surface area contributed by atoms with Crippen LogP contribution in [-0.4, -0.2) is 15.9 Å². The molecule has 0 saturated carbocycles. The van der Waals surface area contributed by atoms with Crippen molar-refractivity contribution in [3.8, 4) is 11.8 Å². The number of para-hydroxylation sites is 2. The maximum atomic E-state index is 11.3. The summed E-state index contributed by atoms with van der Waals surface area (Å²) in [7, 11) is 0. The number of aromatic nitrogens is 2. The second-order valence-electron chi connectivity index (χ2n) is 5.40. The summed E-state index contributed by atoms with van der Waals surface area (Å²) in [5, 5.41) is 0. The van der Waals surface area contributed by atoms with Crippen LogP contribution in [0.5, 0.6) is 0 Å². The third-order valence-corrected chi connectivity index (χ3v) is 3.41. The average Bonchev–Trinajstić information content (AvgIpc) is 2.56. The van der Waals surface area contributed by atoms with Gasteiger partial charge in [0.1, 0.15) is 5.69 Å². The highest BCUT2D eigenvalue weighted by atomic mass is 16.5. The van der Waals surface area contributed by atoms with E-state index in [1.54, 1.807) is 6.20 Å². The predicted molar refractivity (Wildman–Crippen MR) is 90.6 cm³/mol. The van der Waals surface area contributed by atoms with Crippen LogP contribution in [0, 0.1) is 11.8 Å². The zero-order valence-electron chi connectivity index (χ0n) is 13.7. The number of fused-ring (bicyclic) bond motifs is 1. The third kappa shape index (κ3) is 5.37. The molecule has 2 aromatic rings. The Kier molecular flexibility index (Phi) is 6.56. The molecular weight excluding hydrogens is 288 g/mol. The predicted octanol–water partition coefficient (Wildman–Crippen LogP) is 4.21. The van der Waals surface area contributed by atoms with Crippen molar-refractivity contribution >= 4 is 17.0 Å². The van der Waals surface area contributed by atoms with Gasteiger partial charge in [-0.15, -0.1) is 0 Å². The van der Waals surface area contributed by atoms with E-state index in [4.69, 9.17) is 4.74 Å². The van der Waals surface area contributed by atoms with Crippen LogP contribution in [0.25, 0.3) is 11.0 Å². The van der Waals surface area contributed by atoms with Crippen LogP contribution in [-0.2, 0) is 9.53 Å². The van der Waals surface area contributed by atoms with Gasteiger partial charge in [0.2, 0.25) is 6.10 Å². The molecule has 1 atom stereocenters. The van der Waals surface area contributed by atoms with E-state index in [0.717, 1.165) is 23.9 Å². The number of hydrogen-bond donors (Lipinski definition) is 0. The van der Waals surface area contributed by atoms with Crippen LogP contribution in [0.4, 0.5) is 0 Å². The van der Waals surface area contributed by atoms with Crippen molar-refractivity contribution in [3.05, 3.63) is 36.2 Å². The Hall–Kier alpha value is -2.41. The summed E-state index contributed by atoms with van der Waals surface area (Å²) >= 11 is 0. The fourth-order valence-electron chi connectivity index (χ4n) is 2.23. The number of benzene rings is 1. The summed E-state index contributed by atoms with van der Waals surface area (Å²) in [5.41, 5.74) is 2.15. The molecule has 0 spiro atoms. The van der Waals surface area contributed by atoms with Crippen molar-refractivity contribution < 1.29 is 9.53 Å². The second kappa shape index (κ2) is 8.89. The topological polar surface area (TPSA) is 52.1 Å². The highest BCUT2D eigenvalue weighted by Crippen LogP contribution is 2.17. The first kappa shape index (κ1) is 17.0. The van der Waals surface area contributed by atoms with E-state index in [1.807, 2.05) is 24.3 Å². The Labute approximate surface area is 137 Å². The monoisotopic (exact) mass is 310 g/mol. The molecule has 120 valence electrons. The first-order chi connectivity index (χ1) is 11.2. The number of carbonyl (C=O) groups is 1. The number of rotatable bonds is 6. The molecule has 0 amide bonds. The molecule has 1 aromatic heterocycles. The van der Waals surface area contributed by atoms with Crippen LogP contribution < -0.4 is 0 Å². The van der Waals surface area contributed by atoms with Crippen molar-refractivity contribution in [2.45, 2.75) is 52.1 Å². The lowest BCUT2D eigenvalue weighted by molar-refractivity contribution is -0.144. The Morgan fingerprint density at radius 2 is 2.00 bits per heavy atom. The van der Waals surface area contributed by atoms with E-state index in [-0.39, 0.29) is 5.97 Å². The van der Waals surface area contributed by atoms with Crippen molar-refractivity contribution in [2.75, 3.05) is 0 Å². The van der Waals surface area contributed by atoms with E-state index in [1.165, 1.54) is 26.2 Å². The molecule has 1 unspecified atom stereocenters. The summed E-state index contributed by atoms with van der Waals surface area (Å²) in [4.78, 5) is 20.2. The van der Waals surface area contributed by atoms with Gasteiger partial charge in [-0.05, 0) is 18.6 Å². The van der Waals surface area contributed by atoms with E-state index in [2.05, 4.69) is 28.7 Å². The molecule has 0 radical (unpaired) electrons. The summed E-state index contributed by atoms with van der Waals surface area (Å²) in [6, 6.07) is 7.60. The highest BCUT2D eigenvalue weighted by Gasteiger charge is 2.14. The molecule has 4 heteroatoms. The van der Waals surface area contributed by atoms with E-state index >= 15 is 0 Å². The van der Waals surface area contributed by atoms with Crippen molar-refractivity contribution in [1.29, 1.82) is 0 Å². The Balaban J connectivity index is 2.13. The molecule has 1 heterocycles. The number of unbranched alkanes of at least 4 members (excludes halogenated alkanes) is 4. The summed E-state index contributed by atoms with van der Waals surface area (Å²) in [6.45, 7) is 3.56. The minimum Gasteiger partial charge on any atom is -0.443 e. The van der Waals surface area contributed by atoms with Gasteiger partial charge in [0.15, 0.2) is 0 Å². The van der Waals surface area contributed by atoms with Crippen LogP contribution >= 0.6 is 0 Å². The molecule has 4 nitrogen and oxygen atoms in total. The van der Waals surface area contributed by atoms with Gasteiger partial charge in [-0.1, -0.05) is 50.2 Å². The number of hydrogen-bond acceptors (Lipinski definition) is 4. The zero-order chi connectivity index (χ0) is 16.5. The fourth-order valence-corrected chi connectivity index (χ4v) is 2.23. The van der Waals surface area contributed by atoms with Gasteiger partial charge >= 0.3 is 5.97 Å². The van der Waals surface area contributed by atoms with E-state index in [9.17, 15) is 4.79 Å². The van der Waals surface area contributed by atoms with Gasteiger partial charge in [-0.3, -0.25) is 9.78 Å². The first-order valence-corrected chi connectivity index (χ1v) is 8.08. The van der Waals surface area contributed by atoms with Gasteiger partial charge in [0, 0.05) is 13.3 Å². The van der Waals surface area contributed by atoms with Gasteiger partial charge in [0.05, 0.1) is 17.2 Å². The van der Waals surface area contributed by atoms with Crippen LogP contribution in [0.15, 0.2) is 30.5 Å². The quantitative estimate of drug-likeness (QED) is 0.455. The molecule has 0 aliphatic rings. The molecule has 0 bridgehead atoms. The van der Waals surface area contributed by atoms with Crippen LogP contribution in [0.1, 0.15) is 57.7 Å². The average molecular weight is 310 g/mol. The largest absolute Gasteiger partial charge is 0.443 e. The summed E-state index contributed by atoms with van der Waals surface area (Å²) in [5.74, 6) is 5.74. The lowest BCUT2D eigenvalue weighted by Gasteiger charge is -2.10. The molecule has 0 N–H and O–H groups in total. The molecular formula is C19H22N2O2. The molecule has 0 fully saturated rings.